The van der Waals surface area contributed by atoms with E-state index in [4.69, 9.17) is 0 Å². The molecule has 0 saturated heterocycles. The Morgan fingerprint density at radius 2 is 1.69 bits per heavy atom. The average molecular weight is 238 g/mol. The number of benzene rings is 1. The zero-order valence-electron chi connectivity index (χ0n) is 10.9. The van der Waals surface area contributed by atoms with Gasteiger partial charge in [-0.05, 0) is 6.42 Å². The summed E-state index contributed by atoms with van der Waals surface area (Å²) in [5, 5.41) is 0.903. The predicted molar refractivity (Wildman–Crippen MR) is 73.2 cm³/mol. The van der Waals surface area contributed by atoms with Gasteiger partial charge in [-0.3, -0.25) is 0 Å². The van der Waals surface area contributed by atoms with Crippen molar-refractivity contribution < 1.29 is 4.57 Å². The van der Waals surface area contributed by atoms with Crippen LogP contribution < -0.4 is 5.30 Å². The van der Waals surface area contributed by atoms with Crippen molar-refractivity contribution in [2.24, 2.45) is 0 Å². The summed E-state index contributed by atoms with van der Waals surface area (Å²) in [5.41, 5.74) is 0. The maximum atomic E-state index is 13.2. The molecule has 0 aromatic heterocycles. The largest absolute Gasteiger partial charge is 0.318 e. The van der Waals surface area contributed by atoms with Gasteiger partial charge in [-0.2, -0.15) is 0 Å². The SMILES string of the molecule is CCCC[P@](=O)(c1ccccc1)C(C)(C)C. The smallest absolute Gasteiger partial charge is 0.120 e. The Labute approximate surface area is 99.6 Å². The molecule has 1 rings (SSSR count). The second kappa shape index (κ2) is 5.19. The third-order valence-electron chi connectivity index (χ3n) is 3.08. The summed E-state index contributed by atoms with van der Waals surface area (Å²) in [4.78, 5) is 0. The molecule has 1 aromatic carbocycles. The van der Waals surface area contributed by atoms with Crippen LogP contribution in [0.25, 0.3) is 0 Å². The summed E-state index contributed by atoms with van der Waals surface area (Å²) in [6.07, 6.45) is 2.98. The molecule has 1 atom stereocenters. The fourth-order valence-corrected chi connectivity index (χ4v) is 5.02. The van der Waals surface area contributed by atoms with Crippen LogP contribution in [0.1, 0.15) is 40.5 Å². The van der Waals surface area contributed by atoms with E-state index in [2.05, 4.69) is 27.7 Å². The first kappa shape index (κ1) is 13.5. The molecule has 90 valence electrons. The van der Waals surface area contributed by atoms with Crippen LogP contribution in [0.3, 0.4) is 0 Å². The Balaban J connectivity index is 3.11. The van der Waals surface area contributed by atoms with E-state index in [-0.39, 0.29) is 5.16 Å². The second-order valence-corrected chi connectivity index (χ2v) is 9.11. The Kier molecular flexibility index (Phi) is 4.38. The predicted octanol–water partition coefficient (Wildman–Crippen LogP) is 4.27. The fourth-order valence-electron chi connectivity index (χ4n) is 1.90. The Hall–Kier alpha value is -0.550. The lowest BCUT2D eigenvalue weighted by Crippen LogP contribution is -2.25. The molecule has 0 amide bonds. The zero-order chi connectivity index (χ0) is 12.2. The van der Waals surface area contributed by atoms with E-state index in [9.17, 15) is 4.57 Å². The summed E-state index contributed by atoms with van der Waals surface area (Å²) >= 11 is 0. The third-order valence-corrected chi connectivity index (χ3v) is 7.33. The maximum Gasteiger partial charge on any atom is 0.120 e. The molecule has 1 aromatic rings. The van der Waals surface area contributed by atoms with E-state index < -0.39 is 7.14 Å². The normalized spacial score (nSPS) is 15.8. The lowest BCUT2D eigenvalue weighted by Gasteiger charge is -2.31. The molecular weight excluding hydrogens is 215 g/mol. The first-order valence-corrected chi connectivity index (χ1v) is 7.96. The number of hydrogen-bond acceptors (Lipinski definition) is 1. The lowest BCUT2D eigenvalue weighted by molar-refractivity contribution is 0.553. The van der Waals surface area contributed by atoms with E-state index in [1.807, 2.05) is 30.3 Å². The zero-order valence-corrected chi connectivity index (χ0v) is 11.8. The Morgan fingerprint density at radius 3 is 2.12 bits per heavy atom. The molecule has 0 unspecified atom stereocenters. The Bertz CT molecular complexity index is 362. The molecule has 0 aliphatic carbocycles. The van der Waals surface area contributed by atoms with Crippen molar-refractivity contribution in [2.75, 3.05) is 6.16 Å². The van der Waals surface area contributed by atoms with Crippen molar-refractivity contribution in [3.8, 4) is 0 Å². The summed E-state index contributed by atoms with van der Waals surface area (Å²) in [6.45, 7) is 8.43. The maximum absolute atomic E-state index is 13.2. The van der Waals surface area contributed by atoms with Crippen LogP contribution in [0.4, 0.5) is 0 Å². The number of hydrogen-bond donors (Lipinski definition) is 0. The van der Waals surface area contributed by atoms with Gasteiger partial charge in [-0.25, -0.2) is 0 Å². The first-order valence-electron chi connectivity index (χ1n) is 6.06. The summed E-state index contributed by atoms with van der Waals surface area (Å²) in [7, 11) is -2.27. The van der Waals surface area contributed by atoms with Gasteiger partial charge in [0.25, 0.3) is 0 Å². The van der Waals surface area contributed by atoms with Crippen molar-refractivity contribution in [3.05, 3.63) is 30.3 Å². The minimum absolute atomic E-state index is 0.135. The summed E-state index contributed by atoms with van der Waals surface area (Å²) in [5.74, 6) is 0. The molecule has 0 spiro atoms. The minimum Gasteiger partial charge on any atom is -0.318 e. The van der Waals surface area contributed by atoms with Crippen molar-refractivity contribution in [1.82, 2.24) is 0 Å². The molecular formula is C14H23OP. The molecule has 0 saturated carbocycles. The number of rotatable bonds is 4. The van der Waals surface area contributed by atoms with Gasteiger partial charge in [-0.15, -0.1) is 0 Å². The van der Waals surface area contributed by atoms with Gasteiger partial charge in [0.15, 0.2) is 0 Å². The van der Waals surface area contributed by atoms with Gasteiger partial charge in [0.2, 0.25) is 0 Å². The van der Waals surface area contributed by atoms with Crippen LogP contribution in [0.5, 0.6) is 0 Å². The van der Waals surface area contributed by atoms with Crippen LogP contribution in [-0.2, 0) is 4.57 Å². The van der Waals surface area contributed by atoms with Gasteiger partial charge >= 0.3 is 0 Å². The van der Waals surface area contributed by atoms with E-state index in [0.717, 1.165) is 24.3 Å². The molecule has 2 heteroatoms. The second-order valence-electron chi connectivity index (χ2n) is 5.32. The van der Waals surface area contributed by atoms with Crippen molar-refractivity contribution >= 4 is 12.4 Å². The molecule has 0 N–H and O–H groups in total. The van der Waals surface area contributed by atoms with E-state index in [1.54, 1.807) is 0 Å². The van der Waals surface area contributed by atoms with Crippen molar-refractivity contribution in [1.29, 1.82) is 0 Å². The molecule has 0 heterocycles. The molecule has 0 bridgehead atoms. The highest BCUT2D eigenvalue weighted by molar-refractivity contribution is 7.73. The third kappa shape index (κ3) is 2.77. The van der Waals surface area contributed by atoms with Gasteiger partial charge in [0.05, 0.1) is 0 Å². The van der Waals surface area contributed by atoms with Gasteiger partial charge in [0.1, 0.15) is 7.14 Å². The summed E-state index contributed by atoms with van der Waals surface area (Å²) in [6, 6.07) is 9.99. The van der Waals surface area contributed by atoms with Crippen LogP contribution in [0.15, 0.2) is 30.3 Å². The van der Waals surface area contributed by atoms with E-state index >= 15 is 0 Å². The van der Waals surface area contributed by atoms with E-state index in [1.165, 1.54) is 0 Å². The monoisotopic (exact) mass is 238 g/mol. The highest BCUT2D eigenvalue weighted by atomic mass is 31.2. The van der Waals surface area contributed by atoms with Crippen molar-refractivity contribution in [3.63, 3.8) is 0 Å². The summed E-state index contributed by atoms with van der Waals surface area (Å²) < 4.78 is 13.2. The quantitative estimate of drug-likeness (QED) is 0.716. The topological polar surface area (TPSA) is 17.1 Å². The average Bonchev–Trinajstić information content (AvgIpc) is 2.25. The highest BCUT2D eigenvalue weighted by Crippen LogP contribution is 2.57. The first-order chi connectivity index (χ1) is 7.42. The van der Waals surface area contributed by atoms with Crippen LogP contribution in [0.2, 0.25) is 0 Å². The van der Waals surface area contributed by atoms with Gasteiger partial charge in [-0.1, -0.05) is 64.4 Å². The van der Waals surface area contributed by atoms with Gasteiger partial charge in [0, 0.05) is 16.6 Å². The van der Waals surface area contributed by atoms with Gasteiger partial charge < -0.3 is 4.57 Å². The fraction of sp³-hybridized carbons (Fsp3) is 0.571. The van der Waals surface area contributed by atoms with Crippen molar-refractivity contribution in [2.45, 2.75) is 45.7 Å². The molecule has 1 nitrogen and oxygen atoms in total. The minimum atomic E-state index is -2.27. The molecule has 0 fully saturated rings. The molecule has 0 aliphatic heterocycles. The lowest BCUT2D eigenvalue weighted by atomic mass is 10.3. The number of unbranched alkanes of at least 4 members (excludes halogenated alkanes) is 1. The molecule has 0 radical (unpaired) electrons. The van der Waals surface area contributed by atoms with Crippen LogP contribution >= 0.6 is 7.14 Å². The van der Waals surface area contributed by atoms with Crippen LogP contribution in [0, 0.1) is 0 Å². The molecule has 0 aliphatic rings. The standard InChI is InChI=1S/C14H23OP/c1-5-6-12-16(15,14(2,3)4)13-10-8-7-9-11-13/h7-11H,5-6,12H2,1-4H3/t16-/m0/s1. The van der Waals surface area contributed by atoms with E-state index in [0.29, 0.717) is 0 Å². The molecule has 16 heavy (non-hydrogen) atoms. The van der Waals surface area contributed by atoms with Crippen LogP contribution in [-0.4, -0.2) is 11.3 Å². The Morgan fingerprint density at radius 1 is 1.12 bits per heavy atom. The highest BCUT2D eigenvalue weighted by Gasteiger charge is 2.36.